The van der Waals surface area contributed by atoms with E-state index < -0.39 is 36.3 Å². The Morgan fingerprint density at radius 1 is 0.717 bits per heavy atom. The van der Waals surface area contributed by atoms with E-state index in [1.54, 1.807) is 0 Å². The van der Waals surface area contributed by atoms with Crippen molar-refractivity contribution in [1.29, 1.82) is 0 Å². The molecule has 2 atom stereocenters. The normalized spacial score (nSPS) is 12.2. The van der Waals surface area contributed by atoms with Crippen LogP contribution in [0.5, 0.6) is 0 Å². The van der Waals surface area contributed by atoms with Crippen molar-refractivity contribution in [3.63, 3.8) is 0 Å². The number of carbonyl (C=O) groups excluding carboxylic acids is 6. The van der Waals surface area contributed by atoms with Crippen LogP contribution in [0.2, 0.25) is 0 Å². The Morgan fingerprint density at radius 3 is 1.70 bits per heavy atom. The van der Waals surface area contributed by atoms with E-state index in [1.807, 2.05) is 18.7 Å². The van der Waals surface area contributed by atoms with Crippen LogP contribution in [0.4, 0.5) is 0 Å². The zero-order chi connectivity index (χ0) is 35.1. The number of hydrogen-bond acceptors (Lipinski definition) is 10. The number of likely N-dealkylation sites (N-methyl/N-ethyl adjacent to an activating group) is 1. The Morgan fingerprint density at radius 2 is 1.24 bits per heavy atom. The summed E-state index contributed by atoms with van der Waals surface area (Å²) >= 11 is 0. The standard InChI is InChI=1S/C29H53N7O10/c1-20(2)17-25(35(6)23(5)39)29(44)34-24(18-27(41)42)28(43)33-10-14-46-16-15-45-13-9-32-26(40)19-36(11-7-30-21(3)37)12-8-31-22(4)38/h20,24-25H,7-19H2,1-6H3,(H,30,37)(H,31,38)(H,32,40)(H,33,43)(H,34,44)(H,41,42)/t24-,25-/m0/s1. The van der Waals surface area contributed by atoms with Gasteiger partial charge in [-0.15, -0.1) is 0 Å². The molecule has 264 valence electrons. The van der Waals surface area contributed by atoms with Crippen molar-refractivity contribution >= 4 is 41.4 Å². The smallest absolute Gasteiger partial charge is 0.305 e. The summed E-state index contributed by atoms with van der Waals surface area (Å²) in [6.45, 7) is 10.7. The van der Waals surface area contributed by atoms with Gasteiger partial charge in [0.1, 0.15) is 12.1 Å². The van der Waals surface area contributed by atoms with Crippen LogP contribution in [0.25, 0.3) is 0 Å². The van der Waals surface area contributed by atoms with Gasteiger partial charge in [0.05, 0.1) is 39.4 Å². The fraction of sp³-hybridized carbons (Fsp3) is 0.759. The van der Waals surface area contributed by atoms with Gasteiger partial charge in [-0.05, 0) is 12.3 Å². The molecule has 0 aromatic rings. The molecule has 0 aliphatic rings. The minimum Gasteiger partial charge on any atom is -0.481 e. The molecule has 0 aliphatic carbocycles. The van der Waals surface area contributed by atoms with Crippen molar-refractivity contribution in [1.82, 2.24) is 36.4 Å². The maximum atomic E-state index is 12.9. The highest BCUT2D eigenvalue weighted by Crippen LogP contribution is 2.12. The van der Waals surface area contributed by atoms with Gasteiger partial charge >= 0.3 is 5.97 Å². The number of carboxylic acids is 1. The lowest BCUT2D eigenvalue weighted by Crippen LogP contribution is -2.55. The van der Waals surface area contributed by atoms with Crippen LogP contribution in [0.3, 0.4) is 0 Å². The number of nitrogens with zero attached hydrogens (tertiary/aromatic N) is 2. The third-order valence-corrected chi connectivity index (χ3v) is 6.43. The minimum atomic E-state index is -1.33. The van der Waals surface area contributed by atoms with Crippen LogP contribution in [-0.2, 0) is 43.0 Å². The molecule has 17 heteroatoms. The number of rotatable bonds is 25. The third kappa shape index (κ3) is 21.8. The Hall–Kier alpha value is -3.83. The fourth-order valence-electron chi connectivity index (χ4n) is 4.02. The summed E-state index contributed by atoms with van der Waals surface area (Å²) in [5.74, 6) is -3.42. The average molecular weight is 660 g/mol. The van der Waals surface area contributed by atoms with Crippen molar-refractivity contribution in [2.24, 2.45) is 5.92 Å². The fourth-order valence-corrected chi connectivity index (χ4v) is 4.02. The number of carbonyl (C=O) groups is 7. The molecule has 0 aromatic carbocycles. The van der Waals surface area contributed by atoms with Crippen LogP contribution in [0.1, 0.15) is 47.5 Å². The Labute approximate surface area is 270 Å². The lowest BCUT2D eigenvalue weighted by molar-refractivity contribution is -0.142. The molecule has 6 amide bonds. The van der Waals surface area contributed by atoms with E-state index in [1.165, 1.54) is 32.7 Å². The maximum absolute atomic E-state index is 12.9. The molecule has 46 heavy (non-hydrogen) atoms. The second-order valence-electron chi connectivity index (χ2n) is 11.0. The van der Waals surface area contributed by atoms with Crippen LogP contribution in [0, 0.1) is 5.92 Å². The second kappa shape index (κ2) is 24.4. The van der Waals surface area contributed by atoms with E-state index >= 15 is 0 Å². The molecular weight excluding hydrogens is 606 g/mol. The van der Waals surface area contributed by atoms with Crippen molar-refractivity contribution in [2.75, 3.05) is 79.3 Å². The number of ether oxygens (including phenoxy) is 2. The van der Waals surface area contributed by atoms with Crippen molar-refractivity contribution < 1.29 is 48.1 Å². The number of amides is 6. The second-order valence-corrected chi connectivity index (χ2v) is 11.0. The first-order valence-corrected chi connectivity index (χ1v) is 15.3. The molecule has 0 spiro atoms. The topological polar surface area (TPSA) is 225 Å². The van der Waals surface area contributed by atoms with Crippen molar-refractivity contribution in [3.05, 3.63) is 0 Å². The minimum absolute atomic E-state index is 0.0595. The monoisotopic (exact) mass is 659 g/mol. The molecule has 0 bridgehead atoms. The quantitative estimate of drug-likeness (QED) is 0.0571. The first-order valence-electron chi connectivity index (χ1n) is 15.3. The van der Waals surface area contributed by atoms with Crippen LogP contribution in [-0.4, -0.2) is 148 Å². The predicted octanol–water partition coefficient (Wildman–Crippen LogP) is -2.32. The molecule has 0 rings (SSSR count). The van der Waals surface area contributed by atoms with E-state index in [9.17, 15) is 38.7 Å². The zero-order valence-electron chi connectivity index (χ0n) is 27.9. The highest BCUT2D eigenvalue weighted by molar-refractivity contribution is 5.93. The molecule has 17 nitrogen and oxygen atoms in total. The van der Waals surface area contributed by atoms with E-state index in [0.29, 0.717) is 32.6 Å². The highest BCUT2D eigenvalue weighted by Gasteiger charge is 2.31. The largest absolute Gasteiger partial charge is 0.481 e. The summed E-state index contributed by atoms with van der Waals surface area (Å²) in [6.07, 6.45) is -0.292. The number of aliphatic carboxylic acids is 1. The summed E-state index contributed by atoms with van der Waals surface area (Å²) in [7, 11) is 1.48. The van der Waals surface area contributed by atoms with Crippen molar-refractivity contribution in [3.8, 4) is 0 Å². The molecule has 0 aliphatic heterocycles. The number of hydrogen-bond donors (Lipinski definition) is 6. The number of nitrogens with one attached hydrogen (secondary N) is 5. The number of carboxylic acid groups (broad SMARTS) is 1. The molecule has 0 radical (unpaired) electrons. The van der Waals surface area contributed by atoms with E-state index in [4.69, 9.17) is 9.47 Å². The molecule has 0 heterocycles. The molecule has 0 unspecified atom stereocenters. The summed E-state index contributed by atoms with van der Waals surface area (Å²) in [6, 6.07) is -2.18. The lowest BCUT2D eigenvalue weighted by atomic mass is 10.0. The molecule has 0 fully saturated rings. The molecule has 0 aromatic heterocycles. The van der Waals surface area contributed by atoms with E-state index in [2.05, 4.69) is 26.6 Å². The average Bonchev–Trinajstić information content (AvgIpc) is 2.94. The van der Waals surface area contributed by atoms with Gasteiger partial charge in [-0.2, -0.15) is 0 Å². The third-order valence-electron chi connectivity index (χ3n) is 6.43. The van der Waals surface area contributed by atoms with Gasteiger partial charge < -0.3 is 46.1 Å². The van der Waals surface area contributed by atoms with Gasteiger partial charge in [-0.3, -0.25) is 38.5 Å². The van der Waals surface area contributed by atoms with Gasteiger partial charge in [-0.1, -0.05) is 13.8 Å². The van der Waals surface area contributed by atoms with Crippen LogP contribution < -0.4 is 26.6 Å². The molecular formula is C29H53N7O10. The van der Waals surface area contributed by atoms with Crippen LogP contribution >= 0.6 is 0 Å². The Balaban J connectivity index is 4.40. The van der Waals surface area contributed by atoms with Gasteiger partial charge in [-0.25, -0.2) is 0 Å². The highest BCUT2D eigenvalue weighted by atomic mass is 16.5. The van der Waals surface area contributed by atoms with Crippen LogP contribution in [0.15, 0.2) is 0 Å². The SMILES string of the molecule is CC(=O)NCCN(CCNC(C)=O)CC(=O)NCCOCCOCCNC(=O)[C@H](CC(=O)O)NC(=O)[C@H](CC(C)C)N(C)C(C)=O. The summed E-state index contributed by atoms with van der Waals surface area (Å²) < 4.78 is 10.8. The summed E-state index contributed by atoms with van der Waals surface area (Å²) in [5.41, 5.74) is 0. The van der Waals surface area contributed by atoms with Crippen molar-refractivity contribution in [2.45, 2.75) is 59.5 Å². The Kier molecular flexibility index (Phi) is 22.4. The molecule has 6 N–H and O–H groups in total. The van der Waals surface area contributed by atoms with Gasteiger partial charge in [0.15, 0.2) is 0 Å². The first kappa shape index (κ1) is 42.2. The summed E-state index contributed by atoms with van der Waals surface area (Å²) in [5, 5.41) is 22.3. The first-order chi connectivity index (χ1) is 21.6. The Bertz CT molecular complexity index is 975. The maximum Gasteiger partial charge on any atom is 0.305 e. The van der Waals surface area contributed by atoms with E-state index in [0.717, 1.165) is 0 Å². The molecule has 0 saturated carbocycles. The zero-order valence-corrected chi connectivity index (χ0v) is 27.9. The van der Waals surface area contributed by atoms with E-state index in [-0.39, 0.29) is 75.6 Å². The molecule has 0 saturated heterocycles. The van der Waals surface area contributed by atoms with Gasteiger partial charge in [0, 0.05) is 67.1 Å². The van der Waals surface area contributed by atoms with Gasteiger partial charge in [0.25, 0.3) is 0 Å². The summed E-state index contributed by atoms with van der Waals surface area (Å²) in [4.78, 5) is 86.2. The predicted molar refractivity (Wildman–Crippen MR) is 167 cm³/mol. The van der Waals surface area contributed by atoms with Gasteiger partial charge in [0.2, 0.25) is 35.4 Å². The lowest BCUT2D eigenvalue weighted by Gasteiger charge is -2.29.